The van der Waals surface area contributed by atoms with Crippen molar-refractivity contribution in [1.82, 2.24) is 5.32 Å². The Balaban J connectivity index is 1.52. The molecule has 2 aromatic carbocycles. The van der Waals surface area contributed by atoms with E-state index in [9.17, 15) is 9.90 Å². The Hall–Kier alpha value is -3.32. The molecule has 0 bridgehead atoms. The number of benzene rings is 2. The molecule has 1 aromatic heterocycles. The minimum atomic E-state index is -0.951. The second-order valence-corrected chi connectivity index (χ2v) is 7.29. The smallest absolute Gasteiger partial charge is 0.314 e. The first-order chi connectivity index (χ1) is 14.0. The predicted octanol–water partition coefficient (Wildman–Crippen LogP) is 2.87. The number of carboxylic acids is 1. The maximum atomic E-state index is 11.9. The molecule has 1 saturated heterocycles. The molecule has 0 saturated carbocycles. The van der Waals surface area contributed by atoms with E-state index in [0.29, 0.717) is 23.3 Å². The van der Waals surface area contributed by atoms with Crippen LogP contribution in [0.5, 0.6) is 5.75 Å². The first kappa shape index (κ1) is 19.0. The van der Waals surface area contributed by atoms with Gasteiger partial charge in [0.25, 0.3) is 0 Å². The van der Waals surface area contributed by atoms with Crippen LogP contribution in [0.2, 0.25) is 0 Å². The largest absolute Gasteiger partial charge is 0.489 e. The summed E-state index contributed by atoms with van der Waals surface area (Å²) in [6, 6.07) is 14.4. The fraction of sp³-hybridized carbons (Fsp3) is 0.273. The van der Waals surface area contributed by atoms with Gasteiger partial charge in [-0.25, -0.2) is 0 Å². The molecule has 7 heteroatoms. The van der Waals surface area contributed by atoms with Crippen LogP contribution >= 0.6 is 0 Å². The van der Waals surface area contributed by atoms with Crippen molar-refractivity contribution in [3.8, 4) is 5.75 Å². The zero-order valence-electron chi connectivity index (χ0n) is 15.9. The van der Waals surface area contributed by atoms with E-state index < -0.39 is 11.9 Å². The summed E-state index contributed by atoms with van der Waals surface area (Å²) in [5.41, 5.74) is 7.57. The fourth-order valence-electron chi connectivity index (χ4n) is 3.57. The normalized spacial score (nSPS) is 17.3. The number of nitrogens with two attached hydrogens (primary N) is 1. The molecule has 2 atom stereocenters. The Bertz CT molecular complexity index is 1040. The molecule has 29 heavy (non-hydrogen) atoms. The number of rotatable bonds is 7. The number of carboxylic acid groups (broad SMARTS) is 1. The summed E-state index contributed by atoms with van der Waals surface area (Å²) < 4.78 is 11.7. The molecule has 0 aliphatic carbocycles. The number of carbonyl (C=O) groups is 1. The van der Waals surface area contributed by atoms with Crippen LogP contribution in [0.15, 0.2) is 52.9 Å². The van der Waals surface area contributed by atoms with Gasteiger partial charge in [0, 0.05) is 17.5 Å². The number of hydrogen-bond donors (Lipinski definition) is 4. The van der Waals surface area contributed by atoms with E-state index >= 15 is 0 Å². The summed E-state index contributed by atoms with van der Waals surface area (Å²) in [7, 11) is 0. The lowest BCUT2D eigenvalue weighted by Gasteiger charge is -2.14. The van der Waals surface area contributed by atoms with Gasteiger partial charge in [-0.2, -0.15) is 0 Å². The molecule has 0 spiro atoms. The minimum absolute atomic E-state index is 0.0415. The molecule has 3 aromatic rings. The van der Waals surface area contributed by atoms with E-state index in [1.54, 1.807) is 24.3 Å². The Morgan fingerprint density at radius 2 is 2.07 bits per heavy atom. The van der Waals surface area contributed by atoms with Crippen molar-refractivity contribution in [2.75, 3.05) is 13.1 Å². The number of fused-ring (bicyclic) bond motifs is 1. The van der Waals surface area contributed by atoms with Crippen molar-refractivity contribution < 1.29 is 19.1 Å². The number of hydrogen-bond acceptors (Lipinski definition) is 5. The van der Waals surface area contributed by atoms with E-state index in [-0.39, 0.29) is 11.9 Å². The maximum Gasteiger partial charge on any atom is 0.314 e. The van der Waals surface area contributed by atoms with Crippen LogP contribution in [0.25, 0.3) is 11.0 Å². The number of ether oxygens (including phenoxy) is 1. The third kappa shape index (κ3) is 4.25. The Morgan fingerprint density at radius 1 is 1.28 bits per heavy atom. The number of aliphatic carboxylic acids is 1. The number of nitrogen functional groups attached to an aromatic ring is 1. The Labute approximate surface area is 168 Å². The van der Waals surface area contributed by atoms with Crippen molar-refractivity contribution >= 4 is 22.8 Å². The second-order valence-electron chi connectivity index (χ2n) is 7.29. The van der Waals surface area contributed by atoms with E-state index in [1.165, 1.54) is 0 Å². The highest BCUT2D eigenvalue weighted by Crippen LogP contribution is 2.29. The zero-order chi connectivity index (χ0) is 20.4. The van der Waals surface area contributed by atoms with Crippen molar-refractivity contribution in [2.45, 2.75) is 24.9 Å². The van der Waals surface area contributed by atoms with Crippen LogP contribution in [-0.2, 0) is 11.2 Å². The number of nitrogens with one attached hydrogen (secondary N) is 2. The van der Waals surface area contributed by atoms with Crippen molar-refractivity contribution in [1.29, 1.82) is 5.41 Å². The monoisotopic (exact) mass is 393 g/mol. The topological polar surface area (TPSA) is 122 Å². The molecule has 0 radical (unpaired) electrons. The molecule has 1 fully saturated rings. The van der Waals surface area contributed by atoms with Gasteiger partial charge in [0.1, 0.15) is 35.0 Å². The van der Waals surface area contributed by atoms with Crippen LogP contribution in [0.3, 0.4) is 0 Å². The molecule has 5 N–H and O–H groups in total. The molecule has 7 nitrogen and oxygen atoms in total. The summed E-state index contributed by atoms with van der Waals surface area (Å²) in [6.45, 7) is 1.81. The summed E-state index contributed by atoms with van der Waals surface area (Å²) in [4.78, 5) is 11.9. The third-order valence-electron chi connectivity index (χ3n) is 5.17. The van der Waals surface area contributed by atoms with Gasteiger partial charge in [0.2, 0.25) is 0 Å². The van der Waals surface area contributed by atoms with E-state index in [4.69, 9.17) is 20.3 Å². The quantitative estimate of drug-likeness (QED) is 0.362. The average molecular weight is 393 g/mol. The van der Waals surface area contributed by atoms with Crippen molar-refractivity contribution in [2.24, 2.45) is 5.73 Å². The van der Waals surface area contributed by atoms with Crippen LogP contribution in [-0.4, -0.2) is 36.1 Å². The standard InChI is InChI=1S/C22H23N3O4/c23-21(24)14-3-6-19-15(10-14)11-20(29-19)18(22(26)27)9-13-1-4-16(5-2-13)28-17-7-8-25-12-17/h1-6,10-11,17-18,25H,7-9,12H2,(H3,23,24)(H,26,27)/t17-,18?/m0/s1. The third-order valence-corrected chi connectivity index (χ3v) is 5.17. The lowest BCUT2D eigenvalue weighted by molar-refractivity contribution is -0.139. The second kappa shape index (κ2) is 7.97. The highest BCUT2D eigenvalue weighted by molar-refractivity contribution is 5.98. The summed E-state index contributed by atoms with van der Waals surface area (Å²) >= 11 is 0. The first-order valence-corrected chi connectivity index (χ1v) is 9.56. The van der Waals surface area contributed by atoms with Gasteiger partial charge in [-0.05, 0) is 61.3 Å². The average Bonchev–Trinajstić information content (AvgIpc) is 3.35. The SMILES string of the molecule is N=C(N)c1ccc2oc(C(Cc3ccc(O[C@H]4CCNC4)cc3)C(=O)O)cc2c1. The van der Waals surface area contributed by atoms with Gasteiger partial charge in [-0.3, -0.25) is 10.2 Å². The number of amidine groups is 1. The zero-order valence-corrected chi connectivity index (χ0v) is 15.9. The van der Waals surface area contributed by atoms with Crippen LogP contribution in [0.1, 0.15) is 29.2 Å². The van der Waals surface area contributed by atoms with E-state index in [0.717, 1.165) is 36.2 Å². The van der Waals surface area contributed by atoms with Gasteiger partial charge in [-0.15, -0.1) is 0 Å². The molecule has 1 aliphatic rings. The lowest BCUT2D eigenvalue weighted by Crippen LogP contribution is -2.19. The fourth-order valence-corrected chi connectivity index (χ4v) is 3.57. The predicted molar refractivity (Wildman–Crippen MR) is 110 cm³/mol. The molecular weight excluding hydrogens is 370 g/mol. The molecule has 1 unspecified atom stereocenters. The molecule has 1 aliphatic heterocycles. The Morgan fingerprint density at radius 3 is 2.72 bits per heavy atom. The summed E-state index contributed by atoms with van der Waals surface area (Å²) in [5.74, 6) is -0.636. The summed E-state index contributed by atoms with van der Waals surface area (Å²) in [5, 5.41) is 21.3. The molecule has 150 valence electrons. The van der Waals surface area contributed by atoms with Gasteiger partial charge >= 0.3 is 5.97 Å². The lowest BCUT2D eigenvalue weighted by atomic mass is 9.96. The molecule has 2 heterocycles. The molecule has 4 rings (SSSR count). The van der Waals surface area contributed by atoms with Crippen molar-refractivity contribution in [3.05, 3.63) is 65.4 Å². The highest BCUT2D eigenvalue weighted by Gasteiger charge is 2.25. The molecule has 0 amide bonds. The van der Waals surface area contributed by atoms with Gasteiger partial charge in [-0.1, -0.05) is 12.1 Å². The van der Waals surface area contributed by atoms with Gasteiger partial charge in [0.15, 0.2) is 0 Å². The highest BCUT2D eigenvalue weighted by atomic mass is 16.5. The maximum absolute atomic E-state index is 11.9. The van der Waals surface area contributed by atoms with Gasteiger partial charge < -0.3 is 25.3 Å². The number of furan rings is 1. The first-order valence-electron chi connectivity index (χ1n) is 9.56. The van der Waals surface area contributed by atoms with Crippen LogP contribution in [0.4, 0.5) is 0 Å². The van der Waals surface area contributed by atoms with Crippen LogP contribution < -0.4 is 15.8 Å². The van der Waals surface area contributed by atoms with Crippen molar-refractivity contribution in [3.63, 3.8) is 0 Å². The minimum Gasteiger partial charge on any atom is -0.489 e. The van der Waals surface area contributed by atoms with Crippen LogP contribution in [0, 0.1) is 5.41 Å². The van der Waals surface area contributed by atoms with Gasteiger partial charge in [0.05, 0.1) is 0 Å². The van der Waals surface area contributed by atoms with E-state index in [1.807, 2.05) is 24.3 Å². The summed E-state index contributed by atoms with van der Waals surface area (Å²) in [6.07, 6.45) is 1.48. The molecular formula is C22H23N3O4. The van der Waals surface area contributed by atoms with E-state index in [2.05, 4.69) is 5.32 Å². The Kier molecular flexibility index (Phi) is 5.22.